The van der Waals surface area contributed by atoms with Crippen LogP contribution < -0.4 is 16.0 Å². The summed E-state index contributed by atoms with van der Waals surface area (Å²) in [6.45, 7) is 3.77. The molecule has 0 bridgehead atoms. The summed E-state index contributed by atoms with van der Waals surface area (Å²) in [5.41, 5.74) is 2.11. The number of fused-ring (bicyclic) bond motifs is 1. The maximum absolute atomic E-state index is 13.6. The van der Waals surface area contributed by atoms with E-state index in [0.717, 1.165) is 35.9 Å². The Morgan fingerprint density at radius 1 is 1.08 bits per heavy atom. The summed E-state index contributed by atoms with van der Waals surface area (Å²) in [4.78, 5) is 22.4. The van der Waals surface area contributed by atoms with Crippen LogP contribution >= 0.6 is 23.2 Å². The molecule has 0 aliphatic carbocycles. The predicted molar refractivity (Wildman–Crippen MR) is 154 cm³/mol. The van der Waals surface area contributed by atoms with Gasteiger partial charge in [0.25, 0.3) is 0 Å². The summed E-state index contributed by atoms with van der Waals surface area (Å²) in [5.74, 6) is 0.385. The van der Waals surface area contributed by atoms with E-state index in [-0.39, 0.29) is 17.7 Å². The van der Waals surface area contributed by atoms with Crippen molar-refractivity contribution in [2.45, 2.75) is 30.8 Å². The second-order valence-electron chi connectivity index (χ2n) is 10.9. The van der Waals surface area contributed by atoms with Crippen molar-refractivity contribution in [1.29, 1.82) is 0 Å². The van der Waals surface area contributed by atoms with Gasteiger partial charge in [0.2, 0.25) is 5.91 Å². The normalized spacial score (nSPS) is 22.5. The molecule has 2 saturated heterocycles. The minimum atomic E-state index is -0.862. The third-order valence-corrected chi connectivity index (χ3v) is 9.06. The number of hydrogen-bond donors (Lipinski definition) is 2. The number of hydrogen-bond acceptors (Lipinski definition) is 5. The fraction of sp³-hybridized carbons (Fsp3) is 0.400. The van der Waals surface area contributed by atoms with E-state index in [9.17, 15) is 9.90 Å². The van der Waals surface area contributed by atoms with Crippen LogP contribution in [0.4, 0.5) is 0 Å². The van der Waals surface area contributed by atoms with Crippen molar-refractivity contribution < 1.29 is 9.90 Å². The molecule has 2 aromatic carbocycles. The van der Waals surface area contributed by atoms with Gasteiger partial charge in [-0.2, -0.15) is 0 Å². The first-order valence-corrected chi connectivity index (χ1v) is 14.4. The number of carbonyl (C=O) groups excluding carboxylic acids is 1. The number of nitrogens with zero attached hydrogens (tertiary/aromatic N) is 4. The first-order valence-electron chi connectivity index (χ1n) is 13.6. The van der Waals surface area contributed by atoms with E-state index in [1.54, 1.807) is 6.07 Å². The van der Waals surface area contributed by atoms with Gasteiger partial charge in [0.1, 0.15) is 12.2 Å². The second-order valence-corrected chi connectivity index (χ2v) is 11.7. The number of piperidine rings is 2. The number of nitrogens with one attached hydrogen (secondary N) is 1. The van der Waals surface area contributed by atoms with E-state index in [1.165, 1.54) is 5.56 Å². The van der Waals surface area contributed by atoms with Crippen LogP contribution in [-0.2, 0) is 4.79 Å². The topological polar surface area (TPSA) is 73.1 Å². The highest BCUT2D eigenvalue weighted by Gasteiger charge is 2.39. The Hall–Kier alpha value is -2.84. The van der Waals surface area contributed by atoms with E-state index >= 15 is 0 Å². The summed E-state index contributed by atoms with van der Waals surface area (Å²) < 4.78 is 1.99. The monoisotopic (exact) mass is 565 g/mol. The Morgan fingerprint density at radius 2 is 1.87 bits per heavy atom. The number of rotatable bonds is 5. The molecule has 2 N–H and O–H groups in total. The van der Waals surface area contributed by atoms with Crippen LogP contribution in [0.5, 0.6) is 0 Å². The fourth-order valence-corrected chi connectivity index (χ4v) is 6.45. The molecule has 2 atom stereocenters. The molecule has 2 fully saturated rings. The minimum absolute atomic E-state index is 0.0213. The van der Waals surface area contributed by atoms with Crippen molar-refractivity contribution in [3.8, 4) is 5.69 Å². The summed E-state index contributed by atoms with van der Waals surface area (Å²) in [5, 5.41) is 16.9. The summed E-state index contributed by atoms with van der Waals surface area (Å²) in [6.07, 6.45) is 5.98. The molecule has 3 aliphatic rings. The Bertz CT molecular complexity index is 1470. The number of likely N-dealkylation sites (tertiary alicyclic amines) is 1. The molecule has 0 unspecified atom stereocenters. The number of aromatic nitrogens is 1. The van der Waals surface area contributed by atoms with Gasteiger partial charge in [0.15, 0.2) is 0 Å². The van der Waals surface area contributed by atoms with E-state index in [2.05, 4.69) is 28.5 Å². The number of benzene rings is 2. The average molecular weight is 567 g/mol. The highest BCUT2D eigenvalue weighted by atomic mass is 35.5. The van der Waals surface area contributed by atoms with Gasteiger partial charge >= 0.3 is 0 Å². The van der Waals surface area contributed by atoms with Gasteiger partial charge in [0.05, 0.1) is 15.6 Å². The van der Waals surface area contributed by atoms with Crippen molar-refractivity contribution in [3.05, 3.63) is 87.1 Å². The molecule has 7 nitrogen and oxygen atoms in total. The average Bonchev–Trinajstić information content (AvgIpc) is 3.38. The largest absolute Gasteiger partial charge is 0.388 e. The van der Waals surface area contributed by atoms with Gasteiger partial charge in [-0.15, -0.1) is 0 Å². The summed E-state index contributed by atoms with van der Waals surface area (Å²) in [6, 6.07) is 17.9. The number of aliphatic hydroxyl groups is 1. The van der Waals surface area contributed by atoms with Gasteiger partial charge in [-0.05, 0) is 55.6 Å². The Morgan fingerprint density at radius 3 is 2.64 bits per heavy atom. The summed E-state index contributed by atoms with van der Waals surface area (Å²) in [7, 11) is 0. The first-order chi connectivity index (χ1) is 18.9. The zero-order valence-corrected chi connectivity index (χ0v) is 23.3. The van der Waals surface area contributed by atoms with E-state index < -0.39 is 5.60 Å². The van der Waals surface area contributed by atoms with Crippen molar-refractivity contribution >= 4 is 35.3 Å². The van der Waals surface area contributed by atoms with E-state index in [1.807, 2.05) is 52.1 Å². The molecule has 39 heavy (non-hydrogen) atoms. The Labute approximate surface area is 238 Å². The lowest BCUT2D eigenvalue weighted by Crippen LogP contribution is -2.54. The predicted octanol–water partition coefficient (Wildman–Crippen LogP) is 3.16. The van der Waals surface area contributed by atoms with Gasteiger partial charge < -0.3 is 24.8 Å². The molecule has 1 amide bonds. The molecule has 204 valence electrons. The SMILES string of the molecule is O=C([C@@H]1CCNC[C@H]1c1ccccc1)N1CCC(O)(CN2C=c3ccn(-c4ccc(Cl)c(Cl)c4)c3=NC2)CC1. The third-order valence-electron chi connectivity index (χ3n) is 8.32. The molecule has 0 radical (unpaired) electrons. The van der Waals surface area contributed by atoms with Crippen molar-refractivity contribution in [3.63, 3.8) is 0 Å². The van der Waals surface area contributed by atoms with E-state index in [0.29, 0.717) is 49.2 Å². The Kier molecular flexibility index (Phi) is 7.42. The van der Waals surface area contributed by atoms with Crippen molar-refractivity contribution in [2.75, 3.05) is 39.4 Å². The van der Waals surface area contributed by atoms with Crippen molar-refractivity contribution in [2.24, 2.45) is 10.9 Å². The number of carbonyl (C=O) groups is 1. The lowest BCUT2D eigenvalue weighted by Gasteiger charge is -2.43. The van der Waals surface area contributed by atoms with Crippen LogP contribution in [0.1, 0.15) is 30.7 Å². The zero-order chi connectivity index (χ0) is 27.0. The molecular formula is C30H33Cl2N5O2. The maximum atomic E-state index is 13.6. The minimum Gasteiger partial charge on any atom is -0.388 e. The molecule has 4 heterocycles. The molecule has 0 spiro atoms. The molecule has 6 rings (SSSR count). The number of halogens is 2. The van der Waals surface area contributed by atoms with Gasteiger partial charge in [0, 0.05) is 61.3 Å². The number of β-amino-alcohol motifs (C(OH)–C–C–N with tert-alkyl or cyclic N) is 1. The quantitative estimate of drug-likeness (QED) is 0.498. The van der Waals surface area contributed by atoms with Crippen LogP contribution in [-0.4, -0.2) is 70.4 Å². The highest BCUT2D eigenvalue weighted by molar-refractivity contribution is 6.42. The fourth-order valence-electron chi connectivity index (χ4n) is 6.16. The molecule has 0 saturated carbocycles. The van der Waals surface area contributed by atoms with Gasteiger partial charge in [-0.3, -0.25) is 4.79 Å². The smallest absolute Gasteiger partial charge is 0.226 e. The highest BCUT2D eigenvalue weighted by Crippen LogP contribution is 2.33. The van der Waals surface area contributed by atoms with E-state index in [4.69, 9.17) is 28.2 Å². The zero-order valence-electron chi connectivity index (χ0n) is 21.8. The van der Waals surface area contributed by atoms with Crippen LogP contribution in [0, 0.1) is 5.92 Å². The maximum Gasteiger partial charge on any atom is 0.226 e. The van der Waals surface area contributed by atoms with Crippen molar-refractivity contribution in [1.82, 2.24) is 19.7 Å². The second kappa shape index (κ2) is 11.0. The van der Waals surface area contributed by atoms with Gasteiger partial charge in [-0.1, -0.05) is 53.5 Å². The lowest BCUT2D eigenvalue weighted by molar-refractivity contribution is -0.141. The third kappa shape index (κ3) is 5.46. The van der Waals surface area contributed by atoms with Crippen LogP contribution in [0.15, 0.2) is 65.8 Å². The molecule has 9 heteroatoms. The van der Waals surface area contributed by atoms with Crippen LogP contribution in [0.3, 0.4) is 0 Å². The van der Waals surface area contributed by atoms with Gasteiger partial charge in [-0.25, -0.2) is 4.99 Å². The molecular weight excluding hydrogens is 533 g/mol. The lowest BCUT2D eigenvalue weighted by atomic mass is 9.80. The molecule has 1 aromatic heterocycles. The summed E-state index contributed by atoms with van der Waals surface area (Å²) >= 11 is 12.3. The first kappa shape index (κ1) is 26.4. The standard InChI is InChI=1S/C30H33Cl2N5O2/c31-26-7-6-23(16-27(26)32)37-13-9-22-18-35(20-34-28(22)37)19-30(39)10-14-36(15-11-30)29(38)24-8-12-33-17-25(24)21-4-2-1-3-5-21/h1-7,9,13,16,18,24-25,33,39H,8,10-12,14-15,17,19-20H2/t24-,25+/m1/s1. The molecule has 3 aromatic rings. The van der Waals surface area contributed by atoms with Crippen LogP contribution in [0.25, 0.3) is 11.9 Å². The Balaban J connectivity index is 1.10. The number of amides is 1. The molecule has 3 aliphatic heterocycles. The van der Waals surface area contributed by atoms with Crippen LogP contribution in [0.2, 0.25) is 10.0 Å².